The SMILES string of the molecule is Nc1cnc(-c2cccnc2)cn1. The van der Waals surface area contributed by atoms with E-state index in [1.807, 2.05) is 12.1 Å². The van der Waals surface area contributed by atoms with Crippen LogP contribution in [0, 0.1) is 0 Å². The molecule has 0 unspecified atom stereocenters. The zero-order valence-corrected chi connectivity index (χ0v) is 6.88. The molecular formula is C9H8N4. The lowest BCUT2D eigenvalue weighted by molar-refractivity contribution is 1.20. The predicted molar refractivity (Wildman–Crippen MR) is 49.7 cm³/mol. The van der Waals surface area contributed by atoms with E-state index in [9.17, 15) is 0 Å². The number of rotatable bonds is 1. The highest BCUT2D eigenvalue weighted by Crippen LogP contribution is 2.13. The number of hydrogen-bond donors (Lipinski definition) is 1. The van der Waals surface area contributed by atoms with Crippen LogP contribution in [-0.2, 0) is 0 Å². The smallest absolute Gasteiger partial charge is 0.141 e. The average Bonchev–Trinajstić information content (AvgIpc) is 2.20. The Kier molecular flexibility index (Phi) is 1.88. The summed E-state index contributed by atoms with van der Waals surface area (Å²) in [7, 11) is 0. The van der Waals surface area contributed by atoms with Gasteiger partial charge in [-0.25, -0.2) is 4.98 Å². The van der Waals surface area contributed by atoms with Gasteiger partial charge in [0.15, 0.2) is 0 Å². The van der Waals surface area contributed by atoms with Crippen LogP contribution < -0.4 is 5.73 Å². The molecule has 0 bridgehead atoms. The third kappa shape index (κ3) is 1.61. The molecule has 0 amide bonds. The van der Waals surface area contributed by atoms with Crippen molar-refractivity contribution >= 4 is 5.82 Å². The van der Waals surface area contributed by atoms with Crippen molar-refractivity contribution in [2.45, 2.75) is 0 Å². The summed E-state index contributed by atoms with van der Waals surface area (Å²) in [4.78, 5) is 12.0. The molecule has 13 heavy (non-hydrogen) atoms. The molecule has 4 nitrogen and oxygen atoms in total. The summed E-state index contributed by atoms with van der Waals surface area (Å²) in [5, 5.41) is 0. The predicted octanol–water partition coefficient (Wildman–Crippen LogP) is 1.12. The third-order valence-corrected chi connectivity index (χ3v) is 1.63. The first-order chi connectivity index (χ1) is 6.36. The van der Waals surface area contributed by atoms with E-state index >= 15 is 0 Å². The zero-order valence-electron chi connectivity index (χ0n) is 6.88. The number of pyridine rings is 1. The van der Waals surface area contributed by atoms with Gasteiger partial charge in [-0.2, -0.15) is 0 Å². The molecular weight excluding hydrogens is 164 g/mol. The van der Waals surface area contributed by atoms with E-state index in [1.165, 1.54) is 6.20 Å². The standard InChI is InChI=1S/C9H8N4/c10-9-6-12-8(5-13-9)7-2-1-3-11-4-7/h1-6H,(H2,10,13). The van der Waals surface area contributed by atoms with Crippen molar-refractivity contribution in [3.63, 3.8) is 0 Å². The summed E-state index contributed by atoms with van der Waals surface area (Å²) in [6.45, 7) is 0. The lowest BCUT2D eigenvalue weighted by atomic mass is 10.2. The van der Waals surface area contributed by atoms with Crippen molar-refractivity contribution in [3.05, 3.63) is 36.9 Å². The van der Waals surface area contributed by atoms with Crippen LogP contribution in [0.5, 0.6) is 0 Å². The summed E-state index contributed by atoms with van der Waals surface area (Å²) >= 11 is 0. The number of nitrogens with two attached hydrogens (primary N) is 1. The normalized spacial score (nSPS) is 9.85. The molecule has 0 spiro atoms. The molecule has 0 atom stereocenters. The van der Waals surface area contributed by atoms with Crippen molar-refractivity contribution in [3.8, 4) is 11.3 Å². The Bertz CT molecular complexity index is 382. The van der Waals surface area contributed by atoms with Gasteiger partial charge in [-0.3, -0.25) is 9.97 Å². The number of hydrogen-bond acceptors (Lipinski definition) is 4. The summed E-state index contributed by atoms with van der Waals surface area (Å²) in [5.74, 6) is 0.424. The van der Waals surface area contributed by atoms with Crippen LogP contribution in [-0.4, -0.2) is 15.0 Å². The highest BCUT2D eigenvalue weighted by Gasteiger charge is 1.97. The lowest BCUT2D eigenvalue weighted by Gasteiger charge is -1.98. The molecule has 0 aliphatic carbocycles. The maximum Gasteiger partial charge on any atom is 0.141 e. The molecule has 0 saturated heterocycles. The molecule has 64 valence electrons. The van der Waals surface area contributed by atoms with Crippen LogP contribution in [0.25, 0.3) is 11.3 Å². The molecule has 2 aromatic heterocycles. The maximum atomic E-state index is 5.42. The Balaban J connectivity index is 2.42. The van der Waals surface area contributed by atoms with Gasteiger partial charge < -0.3 is 5.73 Å². The van der Waals surface area contributed by atoms with Crippen molar-refractivity contribution in [1.82, 2.24) is 15.0 Å². The molecule has 4 heteroatoms. The molecule has 2 rings (SSSR count). The second-order valence-corrected chi connectivity index (χ2v) is 2.57. The molecule has 0 aliphatic rings. The molecule has 0 fully saturated rings. The highest BCUT2D eigenvalue weighted by atomic mass is 14.9. The van der Waals surface area contributed by atoms with Crippen LogP contribution in [0.15, 0.2) is 36.9 Å². The minimum Gasteiger partial charge on any atom is -0.382 e. The number of aromatic nitrogens is 3. The lowest BCUT2D eigenvalue weighted by Crippen LogP contribution is -1.92. The molecule has 0 aromatic carbocycles. The van der Waals surface area contributed by atoms with Crippen LogP contribution in [0.4, 0.5) is 5.82 Å². The Hall–Kier alpha value is -1.97. The fourth-order valence-electron chi connectivity index (χ4n) is 1.00. The number of nitrogens with zero attached hydrogens (tertiary/aromatic N) is 3. The van der Waals surface area contributed by atoms with E-state index in [1.54, 1.807) is 18.6 Å². The van der Waals surface area contributed by atoms with Gasteiger partial charge >= 0.3 is 0 Å². The topological polar surface area (TPSA) is 64.7 Å². The third-order valence-electron chi connectivity index (χ3n) is 1.63. The van der Waals surface area contributed by atoms with E-state index in [4.69, 9.17) is 5.73 Å². The van der Waals surface area contributed by atoms with Crippen LogP contribution >= 0.6 is 0 Å². The van der Waals surface area contributed by atoms with Gasteiger partial charge in [-0.15, -0.1) is 0 Å². The van der Waals surface area contributed by atoms with Gasteiger partial charge in [-0.05, 0) is 12.1 Å². The van der Waals surface area contributed by atoms with Gasteiger partial charge in [0, 0.05) is 18.0 Å². The summed E-state index contributed by atoms with van der Waals surface area (Å²) in [6.07, 6.45) is 6.61. The van der Waals surface area contributed by atoms with Gasteiger partial charge in [0.2, 0.25) is 0 Å². The highest BCUT2D eigenvalue weighted by molar-refractivity contribution is 5.56. The Labute approximate surface area is 75.5 Å². The fraction of sp³-hybridized carbons (Fsp3) is 0. The van der Waals surface area contributed by atoms with Crippen LogP contribution in [0.3, 0.4) is 0 Å². The first-order valence-corrected chi connectivity index (χ1v) is 3.84. The number of anilines is 1. The van der Waals surface area contributed by atoms with Gasteiger partial charge in [0.05, 0.1) is 18.1 Å². The fourth-order valence-corrected chi connectivity index (χ4v) is 1.00. The van der Waals surface area contributed by atoms with Crippen molar-refractivity contribution in [1.29, 1.82) is 0 Å². The number of nitrogen functional groups attached to an aromatic ring is 1. The van der Waals surface area contributed by atoms with Gasteiger partial charge in [-0.1, -0.05) is 0 Å². The summed E-state index contributed by atoms with van der Waals surface area (Å²) in [6, 6.07) is 3.78. The first-order valence-electron chi connectivity index (χ1n) is 3.84. The average molecular weight is 172 g/mol. The van der Waals surface area contributed by atoms with Crippen molar-refractivity contribution in [2.75, 3.05) is 5.73 Å². The minimum absolute atomic E-state index is 0.424. The molecule has 2 heterocycles. The Morgan fingerprint density at radius 1 is 1.08 bits per heavy atom. The molecule has 2 aromatic rings. The van der Waals surface area contributed by atoms with Crippen LogP contribution in [0.1, 0.15) is 0 Å². The molecule has 2 N–H and O–H groups in total. The molecule has 0 saturated carbocycles. The summed E-state index contributed by atoms with van der Waals surface area (Å²) < 4.78 is 0. The Morgan fingerprint density at radius 3 is 2.62 bits per heavy atom. The van der Waals surface area contributed by atoms with E-state index in [0.29, 0.717) is 5.82 Å². The second kappa shape index (κ2) is 3.18. The monoisotopic (exact) mass is 172 g/mol. The van der Waals surface area contributed by atoms with E-state index < -0.39 is 0 Å². The second-order valence-electron chi connectivity index (χ2n) is 2.57. The first kappa shape index (κ1) is 7.67. The van der Waals surface area contributed by atoms with Crippen LogP contribution in [0.2, 0.25) is 0 Å². The van der Waals surface area contributed by atoms with E-state index in [0.717, 1.165) is 11.3 Å². The van der Waals surface area contributed by atoms with Crippen molar-refractivity contribution in [2.24, 2.45) is 0 Å². The van der Waals surface area contributed by atoms with E-state index in [-0.39, 0.29) is 0 Å². The molecule has 0 aliphatic heterocycles. The molecule has 0 radical (unpaired) electrons. The van der Waals surface area contributed by atoms with Gasteiger partial charge in [0.25, 0.3) is 0 Å². The quantitative estimate of drug-likeness (QED) is 0.700. The minimum atomic E-state index is 0.424. The maximum absolute atomic E-state index is 5.42. The Morgan fingerprint density at radius 2 is 2.00 bits per heavy atom. The zero-order chi connectivity index (χ0) is 9.10. The summed E-state index contributed by atoms with van der Waals surface area (Å²) in [5.41, 5.74) is 7.14. The largest absolute Gasteiger partial charge is 0.382 e. The van der Waals surface area contributed by atoms with Gasteiger partial charge in [0.1, 0.15) is 5.82 Å². The van der Waals surface area contributed by atoms with E-state index in [2.05, 4.69) is 15.0 Å². The van der Waals surface area contributed by atoms with Crippen molar-refractivity contribution < 1.29 is 0 Å².